The van der Waals surface area contributed by atoms with Crippen LogP contribution in [0.15, 0.2) is 36.0 Å². The van der Waals surface area contributed by atoms with Crippen LogP contribution in [-0.2, 0) is 4.74 Å². The highest BCUT2D eigenvalue weighted by atomic mass is 16.5. The molecule has 0 saturated carbocycles. The Morgan fingerprint density at radius 3 is 2.57 bits per heavy atom. The summed E-state index contributed by atoms with van der Waals surface area (Å²) in [6, 6.07) is 0. The van der Waals surface area contributed by atoms with Gasteiger partial charge < -0.3 is 4.74 Å². The summed E-state index contributed by atoms with van der Waals surface area (Å²) in [6.45, 7) is 12.7. The van der Waals surface area contributed by atoms with Crippen molar-refractivity contribution in [2.45, 2.75) is 40.2 Å². The molecule has 0 fully saturated rings. The molecule has 0 aromatic rings. The Balaban J connectivity index is 0.000000791. The third-order valence-electron chi connectivity index (χ3n) is 2.12. The topological polar surface area (TPSA) is 9.23 Å². The van der Waals surface area contributed by atoms with Gasteiger partial charge in [-0.25, -0.2) is 0 Å². The monoisotopic (exact) mass is 194 g/mol. The Hall–Kier alpha value is -0.820. The van der Waals surface area contributed by atoms with Crippen molar-refractivity contribution in [2.75, 3.05) is 6.61 Å². The first kappa shape index (κ1) is 13.2. The number of ether oxygens (including phenoxy) is 1. The molecule has 1 atom stereocenters. The van der Waals surface area contributed by atoms with Gasteiger partial charge in [-0.2, -0.15) is 0 Å². The van der Waals surface area contributed by atoms with E-state index in [9.17, 15) is 0 Å². The van der Waals surface area contributed by atoms with Crippen molar-refractivity contribution in [3.05, 3.63) is 36.0 Å². The summed E-state index contributed by atoms with van der Waals surface area (Å²) in [6.07, 6.45) is 7.39. The molecule has 0 N–H and O–H groups in total. The van der Waals surface area contributed by atoms with E-state index in [1.54, 1.807) is 0 Å². The highest BCUT2D eigenvalue weighted by molar-refractivity contribution is 5.38. The maximum atomic E-state index is 5.57. The largest absolute Gasteiger partial charge is 0.369 e. The Bertz CT molecular complexity index is 223. The number of hydrogen-bond acceptors (Lipinski definition) is 1. The average Bonchev–Trinajstić information content (AvgIpc) is 2.64. The Labute approximate surface area is 88.2 Å². The van der Waals surface area contributed by atoms with Crippen LogP contribution in [0, 0.1) is 0 Å². The van der Waals surface area contributed by atoms with Gasteiger partial charge in [0.05, 0.1) is 12.7 Å². The smallest absolute Gasteiger partial charge is 0.0830 e. The molecule has 0 bridgehead atoms. The van der Waals surface area contributed by atoms with Gasteiger partial charge in [-0.3, -0.25) is 0 Å². The predicted molar refractivity (Wildman–Crippen MR) is 63.4 cm³/mol. The molecular weight excluding hydrogens is 172 g/mol. The van der Waals surface area contributed by atoms with Gasteiger partial charge >= 0.3 is 0 Å². The van der Waals surface area contributed by atoms with Crippen molar-refractivity contribution in [3.63, 3.8) is 0 Å². The molecule has 1 nitrogen and oxygen atoms in total. The maximum absolute atomic E-state index is 5.57. The molecule has 1 heteroatoms. The number of rotatable bonds is 3. The highest BCUT2D eigenvalue weighted by Gasteiger charge is 2.20. The molecule has 14 heavy (non-hydrogen) atoms. The third kappa shape index (κ3) is 3.15. The SMILES string of the molecule is C=CC1=C(/C=C\C)C(CC)OC1.CC. The molecule has 0 radical (unpaired) electrons. The predicted octanol–water partition coefficient (Wildman–Crippen LogP) is 3.88. The lowest BCUT2D eigenvalue weighted by Crippen LogP contribution is -2.06. The molecule has 1 unspecified atom stereocenters. The van der Waals surface area contributed by atoms with E-state index in [0.29, 0.717) is 0 Å². The summed E-state index contributed by atoms with van der Waals surface area (Å²) in [5.74, 6) is 0. The molecule has 80 valence electrons. The zero-order valence-corrected chi connectivity index (χ0v) is 9.84. The molecule has 1 aliphatic heterocycles. The van der Waals surface area contributed by atoms with Crippen molar-refractivity contribution >= 4 is 0 Å². The molecule has 0 amide bonds. The molecule has 0 aliphatic carbocycles. The zero-order chi connectivity index (χ0) is 11.0. The van der Waals surface area contributed by atoms with Crippen LogP contribution >= 0.6 is 0 Å². The summed E-state index contributed by atoms with van der Waals surface area (Å²) in [7, 11) is 0. The lowest BCUT2D eigenvalue weighted by atomic mass is 10.0. The van der Waals surface area contributed by atoms with Crippen LogP contribution in [0.2, 0.25) is 0 Å². The minimum absolute atomic E-state index is 0.286. The highest BCUT2D eigenvalue weighted by Crippen LogP contribution is 2.25. The molecule has 1 heterocycles. The molecule has 1 aliphatic rings. The quantitative estimate of drug-likeness (QED) is 0.662. The molecule has 1 rings (SSSR count). The Morgan fingerprint density at radius 2 is 2.14 bits per heavy atom. The Morgan fingerprint density at radius 1 is 1.50 bits per heavy atom. The average molecular weight is 194 g/mol. The second-order valence-electron chi connectivity index (χ2n) is 2.89. The van der Waals surface area contributed by atoms with Crippen molar-refractivity contribution in [3.8, 4) is 0 Å². The van der Waals surface area contributed by atoms with Gasteiger partial charge in [0.25, 0.3) is 0 Å². The molecule has 0 saturated heterocycles. The van der Waals surface area contributed by atoms with Crippen LogP contribution in [0.25, 0.3) is 0 Å². The standard InChI is InChI=1S/C11H16O.C2H6/c1-4-7-10-9(5-2)8-12-11(10)6-3;1-2/h4-5,7,11H,2,6,8H2,1,3H3;1-2H3/b7-4-;. The van der Waals surface area contributed by atoms with E-state index >= 15 is 0 Å². The van der Waals surface area contributed by atoms with Crippen LogP contribution in [-0.4, -0.2) is 12.7 Å². The third-order valence-corrected chi connectivity index (χ3v) is 2.12. The lowest BCUT2D eigenvalue weighted by Gasteiger charge is -2.07. The van der Waals surface area contributed by atoms with E-state index in [2.05, 4.69) is 25.7 Å². The van der Waals surface area contributed by atoms with Crippen molar-refractivity contribution < 1.29 is 4.74 Å². The van der Waals surface area contributed by atoms with Crippen LogP contribution in [0.1, 0.15) is 34.1 Å². The van der Waals surface area contributed by atoms with E-state index in [1.165, 1.54) is 11.1 Å². The van der Waals surface area contributed by atoms with Gasteiger partial charge in [-0.1, -0.05) is 45.6 Å². The minimum Gasteiger partial charge on any atom is -0.369 e. The maximum Gasteiger partial charge on any atom is 0.0830 e. The fourth-order valence-corrected chi connectivity index (χ4v) is 1.48. The van der Waals surface area contributed by atoms with Crippen LogP contribution < -0.4 is 0 Å². The number of hydrogen-bond donors (Lipinski definition) is 0. The summed E-state index contributed by atoms with van der Waals surface area (Å²) < 4.78 is 5.57. The summed E-state index contributed by atoms with van der Waals surface area (Å²) in [4.78, 5) is 0. The van der Waals surface area contributed by atoms with Gasteiger partial charge in [-0.05, 0) is 24.5 Å². The van der Waals surface area contributed by atoms with E-state index in [1.807, 2.05) is 26.8 Å². The van der Waals surface area contributed by atoms with Crippen molar-refractivity contribution in [1.82, 2.24) is 0 Å². The van der Waals surface area contributed by atoms with Gasteiger partial charge in [-0.15, -0.1) is 0 Å². The Kier molecular flexibility index (Phi) is 7.13. The fraction of sp³-hybridized carbons (Fsp3) is 0.538. The number of allylic oxidation sites excluding steroid dienone is 1. The van der Waals surface area contributed by atoms with Gasteiger partial charge in [0.15, 0.2) is 0 Å². The molecule has 0 aromatic carbocycles. The second-order valence-corrected chi connectivity index (χ2v) is 2.89. The zero-order valence-electron chi connectivity index (χ0n) is 9.84. The van der Waals surface area contributed by atoms with E-state index in [0.717, 1.165) is 13.0 Å². The minimum atomic E-state index is 0.286. The molecule has 0 spiro atoms. The van der Waals surface area contributed by atoms with Gasteiger partial charge in [0.1, 0.15) is 0 Å². The fourth-order valence-electron chi connectivity index (χ4n) is 1.48. The normalized spacial score (nSPS) is 21.0. The van der Waals surface area contributed by atoms with Crippen molar-refractivity contribution in [1.29, 1.82) is 0 Å². The van der Waals surface area contributed by atoms with E-state index in [4.69, 9.17) is 4.74 Å². The lowest BCUT2D eigenvalue weighted by molar-refractivity contribution is 0.119. The first-order valence-corrected chi connectivity index (χ1v) is 5.43. The molecule has 0 aromatic heterocycles. The summed E-state index contributed by atoms with van der Waals surface area (Å²) in [5, 5.41) is 0. The first-order chi connectivity index (χ1) is 6.83. The van der Waals surface area contributed by atoms with Crippen LogP contribution in [0.3, 0.4) is 0 Å². The van der Waals surface area contributed by atoms with E-state index in [-0.39, 0.29) is 6.10 Å². The van der Waals surface area contributed by atoms with Crippen LogP contribution in [0.5, 0.6) is 0 Å². The van der Waals surface area contributed by atoms with Gasteiger partial charge in [0.2, 0.25) is 0 Å². The molecular formula is C13H22O. The first-order valence-electron chi connectivity index (χ1n) is 5.43. The van der Waals surface area contributed by atoms with Gasteiger partial charge in [0, 0.05) is 0 Å². The summed E-state index contributed by atoms with van der Waals surface area (Å²) >= 11 is 0. The van der Waals surface area contributed by atoms with Crippen LogP contribution in [0.4, 0.5) is 0 Å². The second kappa shape index (κ2) is 7.57. The van der Waals surface area contributed by atoms with E-state index < -0.39 is 0 Å². The van der Waals surface area contributed by atoms with Crippen molar-refractivity contribution in [2.24, 2.45) is 0 Å². The summed E-state index contributed by atoms with van der Waals surface area (Å²) in [5.41, 5.74) is 2.54.